The van der Waals surface area contributed by atoms with Crippen molar-refractivity contribution in [1.82, 2.24) is 4.98 Å². The van der Waals surface area contributed by atoms with Gasteiger partial charge in [0.2, 0.25) is 0 Å². The van der Waals surface area contributed by atoms with Gasteiger partial charge in [-0.1, -0.05) is 6.92 Å². The predicted molar refractivity (Wildman–Crippen MR) is 71.5 cm³/mol. The third kappa shape index (κ3) is 1.43. The lowest BCUT2D eigenvalue weighted by Gasteiger charge is -2.20. The Morgan fingerprint density at radius 3 is 3.05 bits per heavy atom. The van der Waals surface area contributed by atoms with Crippen LogP contribution in [0.4, 0.5) is 4.39 Å². The second-order valence-electron chi connectivity index (χ2n) is 5.55. The zero-order valence-corrected chi connectivity index (χ0v) is 10.6. The number of carbonyl (C=O) groups is 1. The maximum absolute atomic E-state index is 13.6. The molecule has 0 bridgehead atoms. The summed E-state index contributed by atoms with van der Waals surface area (Å²) in [6.45, 7) is 2.31. The van der Waals surface area contributed by atoms with Crippen molar-refractivity contribution in [2.24, 2.45) is 10.9 Å². The van der Waals surface area contributed by atoms with Gasteiger partial charge in [0.25, 0.3) is 0 Å². The Morgan fingerprint density at radius 1 is 1.37 bits per heavy atom. The van der Waals surface area contributed by atoms with E-state index in [4.69, 9.17) is 0 Å². The van der Waals surface area contributed by atoms with Crippen LogP contribution < -0.4 is 0 Å². The number of rotatable bonds is 0. The highest BCUT2D eigenvalue weighted by Crippen LogP contribution is 2.36. The molecule has 1 aromatic heterocycles. The molecule has 0 fully saturated rings. The summed E-state index contributed by atoms with van der Waals surface area (Å²) < 4.78 is 13.6. The van der Waals surface area contributed by atoms with E-state index in [2.05, 4.69) is 16.9 Å². The number of carbonyl (C=O) groups excluding carboxylic acids is 1. The molecule has 0 saturated carbocycles. The van der Waals surface area contributed by atoms with Crippen LogP contribution >= 0.6 is 0 Å². The molecule has 0 radical (unpaired) electrons. The van der Waals surface area contributed by atoms with Crippen molar-refractivity contribution < 1.29 is 9.18 Å². The van der Waals surface area contributed by atoms with E-state index in [9.17, 15) is 9.18 Å². The van der Waals surface area contributed by atoms with Crippen LogP contribution in [0, 0.1) is 11.7 Å². The fourth-order valence-corrected chi connectivity index (χ4v) is 3.29. The third-order valence-electron chi connectivity index (χ3n) is 4.04. The lowest BCUT2D eigenvalue weighted by molar-refractivity contribution is 0.100. The summed E-state index contributed by atoms with van der Waals surface area (Å²) in [5.74, 6) is 0.0348. The van der Waals surface area contributed by atoms with Crippen LogP contribution in [0.25, 0.3) is 10.9 Å². The second-order valence-corrected chi connectivity index (χ2v) is 5.55. The van der Waals surface area contributed by atoms with Gasteiger partial charge >= 0.3 is 0 Å². The Kier molecular flexibility index (Phi) is 2.03. The molecule has 1 atom stereocenters. The van der Waals surface area contributed by atoms with Crippen molar-refractivity contribution in [3.05, 3.63) is 34.8 Å². The Labute approximate surface area is 109 Å². The average Bonchev–Trinajstić information content (AvgIpc) is 2.64. The number of aliphatic imine (C=N–C) groups is 1. The van der Waals surface area contributed by atoms with Gasteiger partial charge in [0.15, 0.2) is 5.78 Å². The average molecular weight is 256 g/mol. The normalized spacial score (nSPS) is 21.5. The van der Waals surface area contributed by atoms with Gasteiger partial charge in [0.1, 0.15) is 12.4 Å². The highest BCUT2D eigenvalue weighted by atomic mass is 19.1. The van der Waals surface area contributed by atoms with Crippen LogP contribution in [0.1, 0.15) is 35.0 Å². The van der Waals surface area contributed by atoms with Crippen LogP contribution in [0.5, 0.6) is 0 Å². The topological polar surface area (TPSA) is 45.2 Å². The molecule has 2 heterocycles. The second kappa shape index (κ2) is 3.53. The number of aromatic amines is 1. The van der Waals surface area contributed by atoms with E-state index in [1.807, 2.05) is 0 Å². The summed E-state index contributed by atoms with van der Waals surface area (Å²) in [4.78, 5) is 19.9. The number of halogens is 1. The van der Waals surface area contributed by atoms with E-state index >= 15 is 0 Å². The highest BCUT2D eigenvalue weighted by Gasteiger charge is 2.30. The summed E-state index contributed by atoms with van der Waals surface area (Å²) in [6.07, 6.45) is 1.82. The third-order valence-corrected chi connectivity index (χ3v) is 4.04. The monoisotopic (exact) mass is 256 g/mol. The number of ketones is 1. The Bertz CT molecular complexity index is 757. The first-order valence-corrected chi connectivity index (χ1v) is 6.54. The lowest BCUT2D eigenvalue weighted by Crippen LogP contribution is -2.18. The lowest BCUT2D eigenvalue weighted by atomic mass is 9.86. The van der Waals surface area contributed by atoms with E-state index in [-0.39, 0.29) is 18.1 Å². The summed E-state index contributed by atoms with van der Waals surface area (Å²) >= 11 is 0. The van der Waals surface area contributed by atoms with Gasteiger partial charge in [0.05, 0.1) is 0 Å². The van der Waals surface area contributed by atoms with Gasteiger partial charge in [-0.05, 0) is 30.9 Å². The van der Waals surface area contributed by atoms with Crippen molar-refractivity contribution in [2.75, 3.05) is 6.54 Å². The van der Waals surface area contributed by atoms with Crippen LogP contribution in [-0.2, 0) is 6.42 Å². The maximum Gasteiger partial charge on any atom is 0.185 e. The molecule has 19 heavy (non-hydrogen) atoms. The zero-order valence-electron chi connectivity index (χ0n) is 10.6. The molecule has 3 nitrogen and oxygen atoms in total. The van der Waals surface area contributed by atoms with Crippen molar-refractivity contribution in [1.29, 1.82) is 0 Å². The van der Waals surface area contributed by atoms with Crippen molar-refractivity contribution in [2.45, 2.75) is 19.8 Å². The molecule has 1 aliphatic heterocycles. The molecule has 2 aliphatic rings. The number of benzene rings is 1. The first-order chi connectivity index (χ1) is 9.13. The molecule has 0 saturated heterocycles. The van der Waals surface area contributed by atoms with Gasteiger partial charge in [-0.2, -0.15) is 0 Å². The molecular formula is C15H13FN2O. The summed E-state index contributed by atoms with van der Waals surface area (Å²) in [6, 6.07) is 2.81. The number of H-pyrrole nitrogens is 1. The van der Waals surface area contributed by atoms with Crippen LogP contribution in [0.3, 0.4) is 0 Å². The molecule has 96 valence electrons. The number of Topliss-reactive ketones (excluding diaryl/α,β-unsaturated/α-hetero) is 1. The van der Waals surface area contributed by atoms with Crippen molar-refractivity contribution in [3.8, 4) is 0 Å². The minimum Gasteiger partial charge on any atom is -0.358 e. The number of nitrogens with zero attached hydrogens (tertiary/aromatic N) is 1. The Balaban J connectivity index is 2.17. The fraction of sp³-hybridized carbons (Fsp3) is 0.333. The number of nitrogens with one attached hydrogen (secondary N) is 1. The number of aromatic nitrogens is 1. The maximum atomic E-state index is 13.6. The standard InChI is InChI=1S/C15H13FN2O/c1-7-2-10-15-11(3-7)18-12-5-8(16)4-9(14(12)15)13(19)6-17-10/h4-5,7,18H,2-3,6H2,1H3. The summed E-state index contributed by atoms with van der Waals surface area (Å²) in [5, 5.41) is 0.865. The van der Waals surface area contributed by atoms with E-state index in [0.717, 1.165) is 40.7 Å². The minimum absolute atomic E-state index is 0.0964. The van der Waals surface area contributed by atoms with Gasteiger partial charge in [-0.15, -0.1) is 0 Å². The molecule has 1 aromatic carbocycles. The van der Waals surface area contributed by atoms with Crippen molar-refractivity contribution >= 4 is 22.4 Å². The SMILES string of the molecule is CC1CC2=NCC(=O)c3cc(F)cc4[nH]c(c2c34)C1. The first-order valence-electron chi connectivity index (χ1n) is 6.54. The largest absolute Gasteiger partial charge is 0.358 e. The molecule has 4 rings (SSSR count). The zero-order chi connectivity index (χ0) is 13.1. The molecule has 1 N–H and O–H groups in total. The smallest absolute Gasteiger partial charge is 0.185 e. The van der Waals surface area contributed by atoms with Gasteiger partial charge in [0, 0.05) is 33.4 Å². The fourth-order valence-electron chi connectivity index (χ4n) is 3.29. The van der Waals surface area contributed by atoms with E-state index < -0.39 is 0 Å². The Morgan fingerprint density at radius 2 is 2.21 bits per heavy atom. The van der Waals surface area contributed by atoms with E-state index in [1.54, 1.807) is 0 Å². The molecule has 1 aliphatic carbocycles. The molecule has 0 amide bonds. The van der Waals surface area contributed by atoms with Crippen LogP contribution in [-0.4, -0.2) is 23.0 Å². The molecule has 2 aromatic rings. The van der Waals surface area contributed by atoms with Gasteiger partial charge < -0.3 is 4.98 Å². The molecule has 0 spiro atoms. The van der Waals surface area contributed by atoms with Crippen LogP contribution in [0.15, 0.2) is 17.1 Å². The highest BCUT2D eigenvalue weighted by molar-refractivity contribution is 6.21. The van der Waals surface area contributed by atoms with Crippen molar-refractivity contribution in [3.63, 3.8) is 0 Å². The Hall–Kier alpha value is -1.97. The van der Waals surface area contributed by atoms with E-state index in [1.165, 1.54) is 12.1 Å². The van der Waals surface area contributed by atoms with E-state index in [0.29, 0.717) is 11.5 Å². The predicted octanol–water partition coefficient (Wildman–Crippen LogP) is 2.87. The minimum atomic E-state index is -0.369. The number of hydrogen-bond acceptors (Lipinski definition) is 2. The molecule has 4 heteroatoms. The number of hydrogen-bond donors (Lipinski definition) is 1. The van der Waals surface area contributed by atoms with Crippen LogP contribution in [0.2, 0.25) is 0 Å². The summed E-state index contributed by atoms with van der Waals surface area (Å²) in [7, 11) is 0. The van der Waals surface area contributed by atoms with Gasteiger partial charge in [-0.3, -0.25) is 9.79 Å². The molecule has 1 unspecified atom stereocenters. The first kappa shape index (κ1) is 10.9. The quantitative estimate of drug-likeness (QED) is 0.774. The van der Waals surface area contributed by atoms with Gasteiger partial charge in [-0.25, -0.2) is 4.39 Å². The molecular weight excluding hydrogens is 243 g/mol. The summed E-state index contributed by atoms with van der Waals surface area (Å²) in [5.41, 5.74) is 4.33.